The van der Waals surface area contributed by atoms with Gasteiger partial charge in [0.25, 0.3) is 0 Å². The summed E-state index contributed by atoms with van der Waals surface area (Å²) in [6.45, 7) is 2.59. The maximum atomic E-state index is 12.3. The molecule has 0 aromatic carbocycles. The van der Waals surface area contributed by atoms with Crippen LogP contribution in [0, 0.1) is 5.92 Å². The molecular formula is C14H21ClN2OS. The number of nitrogens with two attached hydrogens (primary N) is 1. The Bertz CT molecular complexity index is 435. The maximum absolute atomic E-state index is 12.3. The van der Waals surface area contributed by atoms with E-state index in [1.54, 1.807) is 0 Å². The quantitative estimate of drug-likeness (QED) is 0.897. The summed E-state index contributed by atoms with van der Waals surface area (Å²) in [4.78, 5) is 13.3. The molecule has 3 N–H and O–H groups in total. The third-order valence-corrected chi connectivity index (χ3v) is 5.37. The molecule has 1 aliphatic rings. The highest BCUT2D eigenvalue weighted by Crippen LogP contribution is 2.29. The first-order chi connectivity index (χ1) is 9.11. The van der Waals surface area contributed by atoms with Crippen molar-refractivity contribution >= 4 is 28.8 Å². The SMILES string of the molecule is CC(C(=O)NC1CCCCC1CN)c1ccc(Cl)s1. The summed E-state index contributed by atoms with van der Waals surface area (Å²) < 4.78 is 0.729. The second-order valence-corrected chi connectivity index (χ2v) is 7.01. The predicted octanol–water partition coefficient (Wildman–Crippen LogP) is 3.14. The second kappa shape index (κ2) is 6.73. The van der Waals surface area contributed by atoms with Gasteiger partial charge in [-0.3, -0.25) is 4.79 Å². The first-order valence-corrected chi connectivity index (χ1v) is 8.07. The van der Waals surface area contributed by atoms with E-state index < -0.39 is 0 Å². The summed E-state index contributed by atoms with van der Waals surface area (Å²) in [7, 11) is 0. The lowest BCUT2D eigenvalue weighted by molar-refractivity contribution is -0.123. The summed E-state index contributed by atoms with van der Waals surface area (Å²) in [5.74, 6) is 0.374. The third kappa shape index (κ3) is 3.71. The number of nitrogens with one attached hydrogen (secondary N) is 1. The molecule has 2 rings (SSSR count). The number of rotatable bonds is 4. The van der Waals surface area contributed by atoms with Gasteiger partial charge in [-0.2, -0.15) is 0 Å². The lowest BCUT2D eigenvalue weighted by atomic mass is 9.84. The monoisotopic (exact) mass is 300 g/mol. The zero-order valence-electron chi connectivity index (χ0n) is 11.2. The van der Waals surface area contributed by atoms with Crippen molar-refractivity contribution in [2.45, 2.75) is 44.6 Å². The fourth-order valence-corrected chi connectivity index (χ4v) is 3.79. The summed E-state index contributed by atoms with van der Waals surface area (Å²) in [5.41, 5.74) is 5.79. The topological polar surface area (TPSA) is 55.1 Å². The fraction of sp³-hybridized carbons (Fsp3) is 0.643. The van der Waals surface area contributed by atoms with Gasteiger partial charge in [0, 0.05) is 10.9 Å². The normalized spacial score (nSPS) is 25.0. The molecule has 1 amide bonds. The van der Waals surface area contributed by atoms with Crippen LogP contribution in [0.2, 0.25) is 4.34 Å². The lowest BCUT2D eigenvalue weighted by Gasteiger charge is -2.32. The number of hydrogen-bond acceptors (Lipinski definition) is 3. The molecule has 106 valence electrons. The molecule has 1 saturated carbocycles. The van der Waals surface area contributed by atoms with E-state index in [4.69, 9.17) is 17.3 Å². The Morgan fingerprint density at radius 1 is 1.53 bits per heavy atom. The van der Waals surface area contributed by atoms with E-state index in [1.165, 1.54) is 24.2 Å². The van der Waals surface area contributed by atoms with Crippen LogP contribution in [-0.2, 0) is 4.79 Å². The highest BCUT2D eigenvalue weighted by atomic mass is 35.5. The predicted molar refractivity (Wildman–Crippen MR) is 80.7 cm³/mol. The average molecular weight is 301 g/mol. The zero-order valence-corrected chi connectivity index (χ0v) is 12.8. The summed E-state index contributed by atoms with van der Waals surface area (Å²) in [6, 6.07) is 4.01. The average Bonchev–Trinajstić information content (AvgIpc) is 2.85. The molecule has 1 aliphatic carbocycles. The van der Waals surface area contributed by atoms with Crippen LogP contribution in [-0.4, -0.2) is 18.5 Å². The smallest absolute Gasteiger partial charge is 0.228 e. The van der Waals surface area contributed by atoms with Crippen LogP contribution in [0.4, 0.5) is 0 Å². The molecule has 1 aromatic heterocycles. The van der Waals surface area contributed by atoms with Gasteiger partial charge in [0.15, 0.2) is 0 Å². The molecule has 1 heterocycles. The number of carbonyl (C=O) groups excluding carboxylic acids is 1. The Morgan fingerprint density at radius 3 is 2.89 bits per heavy atom. The number of halogens is 1. The van der Waals surface area contributed by atoms with Crippen molar-refractivity contribution in [2.75, 3.05) is 6.54 Å². The van der Waals surface area contributed by atoms with Crippen LogP contribution in [0.15, 0.2) is 12.1 Å². The lowest BCUT2D eigenvalue weighted by Crippen LogP contribution is -2.45. The van der Waals surface area contributed by atoms with E-state index >= 15 is 0 Å². The van der Waals surface area contributed by atoms with Crippen molar-refractivity contribution in [3.8, 4) is 0 Å². The zero-order chi connectivity index (χ0) is 13.8. The molecule has 3 unspecified atom stereocenters. The molecule has 3 atom stereocenters. The largest absolute Gasteiger partial charge is 0.352 e. The van der Waals surface area contributed by atoms with Crippen LogP contribution < -0.4 is 11.1 Å². The maximum Gasteiger partial charge on any atom is 0.228 e. The van der Waals surface area contributed by atoms with E-state index in [-0.39, 0.29) is 17.9 Å². The van der Waals surface area contributed by atoms with E-state index in [1.807, 2.05) is 19.1 Å². The van der Waals surface area contributed by atoms with Crippen molar-refractivity contribution in [2.24, 2.45) is 11.7 Å². The number of hydrogen-bond donors (Lipinski definition) is 2. The molecule has 3 nitrogen and oxygen atoms in total. The van der Waals surface area contributed by atoms with Crippen molar-refractivity contribution in [1.82, 2.24) is 5.32 Å². The third-order valence-electron chi connectivity index (χ3n) is 3.95. The van der Waals surface area contributed by atoms with Crippen molar-refractivity contribution < 1.29 is 4.79 Å². The molecule has 1 fully saturated rings. The van der Waals surface area contributed by atoms with Gasteiger partial charge in [-0.1, -0.05) is 24.4 Å². The number of carbonyl (C=O) groups is 1. The van der Waals surface area contributed by atoms with Gasteiger partial charge >= 0.3 is 0 Å². The molecule has 0 saturated heterocycles. The highest BCUT2D eigenvalue weighted by molar-refractivity contribution is 7.16. The minimum Gasteiger partial charge on any atom is -0.352 e. The van der Waals surface area contributed by atoms with Gasteiger partial charge in [0.1, 0.15) is 0 Å². The number of thiophene rings is 1. The van der Waals surface area contributed by atoms with Crippen molar-refractivity contribution in [1.29, 1.82) is 0 Å². The molecule has 5 heteroatoms. The second-order valence-electron chi connectivity index (χ2n) is 5.26. The Hall–Kier alpha value is -0.580. The van der Waals surface area contributed by atoms with Crippen LogP contribution in [0.5, 0.6) is 0 Å². The molecule has 19 heavy (non-hydrogen) atoms. The van der Waals surface area contributed by atoms with Gasteiger partial charge in [-0.25, -0.2) is 0 Å². The molecule has 1 aromatic rings. The van der Waals surface area contributed by atoms with Gasteiger partial charge in [0.05, 0.1) is 10.3 Å². The Kier molecular flexibility index (Phi) is 5.25. The minimum absolute atomic E-state index is 0.0869. The molecular weight excluding hydrogens is 280 g/mol. The van der Waals surface area contributed by atoms with Gasteiger partial charge in [0.2, 0.25) is 5.91 Å². The van der Waals surface area contributed by atoms with Crippen LogP contribution in [0.25, 0.3) is 0 Å². The van der Waals surface area contributed by atoms with E-state index in [9.17, 15) is 4.79 Å². The first-order valence-electron chi connectivity index (χ1n) is 6.87. The number of amides is 1. The minimum atomic E-state index is -0.141. The van der Waals surface area contributed by atoms with Gasteiger partial charge in [-0.15, -0.1) is 11.3 Å². The molecule has 0 aliphatic heterocycles. The van der Waals surface area contributed by atoms with E-state index in [0.717, 1.165) is 22.1 Å². The summed E-state index contributed by atoms with van der Waals surface area (Å²) >= 11 is 7.39. The molecule has 0 spiro atoms. The molecule has 0 radical (unpaired) electrons. The molecule has 0 bridgehead atoms. The van der Waals surface area contributed by atoms with Gasteiger partial charge < -0.3 is 11.1 Å². The van der Waals surface area contributed by atoms with Crippen LogP contribution in [0.3, 0.4) is 0 Å². The standard InChI is InChI=1S/C14H21ClN2OS/c1-9(12-6-7-13(15)19-12)14(18)17-11-5-3-2-4-10(11)8-16/h6-7,9-11H,2-5,8,16H2,1H3,(H,17,18). The fourth-order valence-electron chi connectivity index (χ4n) is 2.68. The van der Waals surface area contributed by atoms with Crippen LogP contribution in [0.1, 0.15) is 43.4 Å². The van der Waals surface area contributed by atoms with E-state index in [2.05, 4.69) is 5.32 Å². The summed E-state index contributed by atoms with van der Waals surface area (Å²) in [6.07, 6.45) is 4.58. The Balaban J connectivity index is 1.96. The Labute approximate surface area is 123 Å². The van der Waals surface area contributed by atoms with Crippen LogP contribution >= 0.6 is 22.9 Å². The Morgan fingerprint density at radius 2 is 2.26 bits per heavy atom. The van der Waals surface area contributed by atoms with Crippen molar-refractivity contribution in [3.05, 3.63) is 21.3 Å². The van der Waals surface area contributed by atoms with Gasteiger partial charge in [-0.05, 0) is 44.4 Å². The summed E-state index contributed by atoms with van der Waals surface area (Å²) in [5, 5.41) is 3.17. The highest BCUT2D eigenvalue weighted by Gasteiger charge is 2.27. The van der Waals surface area contributed by atoms with Crippen molar-refractivity contribution in [3.63, 3.8) is 0 Å². The van der Waals surface area contributed by atoms with E-state index in [0.29, 0.717) is 12.5 Å². The first kappa shape index (κ1) is 14.8.